The maximum Gasteiger partial charge on any atom is 0.225 e. The molecule has 4 heteroatoms. The number of aromatic nitrogens is 2. The molecule has 0 atom stereocenters. The summed E-state index contributed by atoms with van der Waals surface area (Å²) in [6, 6.07) is 1.79. The van der Waals surface area contributed by atoms with E-state index in [4.69, 9.17) is 4.74 Å². The van der Waals surface area contributed by atoms with Crippen LogP contribution in [0.4, 0.5) is 5.95 Å². The first-order valence-electron chi connectivity index (χ1n) is 6.92. The fourth-order valence-corrected chi connectivity index (χ4v) is 1.59. The van der Waals surface area contributed by atoms with Crippen molar-refractivity contribution < 1.29 is 4.74 Å². The molecule has 4 nitrogen and oxygen atoms in total. The van der Waals surface area contributed by atoms with Gasteiger partial charge >= 0.3 is 0 Å². The topological polar surface area (TPSA) is 47.0 Å². The number of ether oxygens (including phenoxy) is 1. The van der Waals surface area contributed by atoms with Gasteiger partial charge in [-0.3, -0.25) is 0 Å². The van der Waals surface area contributed by atoms with Crippen LogP contribution in [0.2, 0.25) is 0 Å². The van der Waals surface area contributed by atoms with E-state index >= 15 is 0 Å². The fraction of sp³-hybridized carbons (Fsp3) is 0.714. The molecule has 18 heavy (non-hydrogen) atoms. The lowest BCUT2D eigenvalue weighted by atomic mass is 10.1. The van der Waals surface area contributed by atoms with Crippen molar-refractivity contribution in [3.8, 4) is 5.88 Å². The van der Waals surface area contributed by atoms with E-state index in [9.17, 15) is 0 Å². The highest BCUT2D eigenvalue weighted by molar-refractivity contribution is 5.27. The maximum absolute atomic E-state index is 5.46. The molecule has 0 spiro atoms. The Morgan fingerprint density at radius 3 is 2.89 bits per heavy atom. The van der Waals surface area contributed by atoms with Crippen LogP contribution in [0, 0.1) is 5.92 Å². The molecule has 0 unspecified atom stereocenters. The Morgan fingerprint density at radius 1 is 1.33 bits per heavy atom. The van der Waals surface area contributed by atoms with Gasteiger partial charge in [0, 0.05) is 18.8 Å². The zero-order valence-corrected chi connectivity index (χ0v) is 11.8. The van der Waals surface area contributed by atoms with Gasteiger partial charge in [-0.05, 0) is 18.8 Å². The van der Waals surface area contributed by atoms with Crippen molar-refractivity contribution in [2.45, 2.75) is 46.5 Å². The normalized spacial score (nSPS) is 10.7. The second-order valence-corrected chi connectivity index (χ2v) is 4.88. The van der Waals surface area contributed by atoms with E-state index in [1.165, 1.54) is 12.8 Å². The van der Waals surface area contributed by atoms with Crippen molar-refractivity contribution in [3.05, 3.63) is 12.3 Å². The Labute approximate surface area is 110 Å². The Bertz CT molecular complexity index is 329. The summed E-state index contributed by atoms with van der Waals surface area (Å²) in [6.45, 7) is 8.21. The molecule has 0 saturated heterocycles. The quantitative estimate of drug-likeness (QED) is 0.682. The Hall–Kier alpha value is -1.32. The van der Waals surface area contributed by atoms with E-state index in [0.717, 1.165) is 25.3 Å². The van der Waals surface area contributed by atoms with Crippen LogP contribution in [0.3, 0.4) is 0 Å². The van der Waals surface area contributed by atoms with Crippen LogP contribution >= 0.6 is 0 Å². The summed E-state index contributed by atoms with van der Waals surface area (Å²) in [6.07, 6.45) is 6.40. The largest absolute Gasteiger partial charge is 0.478 e. The minimum Gasteiger partial charge on any atom is -0.478 e. The molecule has 0 aliphatic rings. The van der Waals surface area contributed by atoms with Gasteiger partial charge in [-0.2, -0.15) is 4.98 Å². The highest BCUT2D eigenvalue weighted by Gasteiger charge is 1.99. The van der Waals surface area contributed by atoms with Crippen molar-refractivity contribution in [3.63, 3.8) is 0 Å². The molecule has 102 valence electrons. The lowest BCUT2D eigenvalue weighted by Gasteiger charge is -2.08. The third-order valence-corrected chi connectivity index (χ3v) is 2.58. The van der Waals surface area contributed by atoms with E-state index in [0.29, 0.717) is 18.4 Å². The minimum absolute atomic E-state index is 0.650. The van der Waals surface area contributed by atoms with E-state index in [2.05, 4.69) is 36.1 Å². The highest BCUT2D eigenvalue weighted by Crippen LogP contribution is 2.10. The van der Waals surface area contributed by atoms with E-state index in [-0.39, 0.29) is 0 Å². The molecule has 0 amide bonds. The lowest BCUT2D eigenvalue weighted by Crippen LogP contribution is -2.07. The predicted octanol–water partition coefficient (Wildman–Crippen LogP) is 3.50. The second-order valence-electron chi connectivity index (χ2n) is 4.88. The smallest absolute Gasteiger partial charge is 0.225 e. The standard InChI is InChI=1S/C14H25N3O/c1-4-11-18-13-8-10-16-14(17-13)15-9-6-5-7-12(2)3/h8,10,12H,4-7,9,11H2,1-3H3,(H,15,16,17). The number of rotatable bonds is 9. The highest BCUT2D eigenvalue weighted by atomic mass is 16.5. The molecule has 0 bridgehead atoms. The zero-order valence-electron chi connectivity index (χ0n) is 11.8. The van der Waals surface area contributed by atoms with E-state index in [1.807, 2.05) is 0 Å². The summed E-state index contributed by atoms with van der Waals surface area (Å²) >= 11 is 0. The number of nitrogens with one attached hydrogen (secondary N) is 1. The first-order chi connectivity index (χ1) is 8.72. The summed E-state index contributed by atoms with van der Waals surface area (Å²) in [5.41, 5.74) is 0. The average Bonchev–Trinajstić information content (AvgIpc) is 2.36. The van der Waals surface area contributed by atoms with Gasteiger partial charge in [0.1, 0.15) is 0 Å². The molecule has 0 fully saturated rings. The molecular formula is C14H25N3O. The van der Waals surface area contributed by atoms with Gasteiger partial charge in [-0.15, -0.1) is 0 Å². The number of hydrogen-bond donors (Lipinski definition) is 1. The molecule has 1 heterocycles. The van der Waals surface area contributed by atoms with Crippen LogP contribution in [-0.4, -0.2) is 23.1 Å². The molecule has 0 radical (unpaired) electrons. The molecule has 1 N–H and O–H groups in total. The van der Waals surface area contributed by atoms with Gasteiger partial charge in [0.05, 0.1) is 6.61 Å². The molecule has 0 saturated carbocycles. The van der Waals surface area contributed by atoms with Crippen LogP contribution in [0.15, 0.2) is 12.3 Å². The Morgan fingerprint density at radius 2 is 2.17 bits per heavy atom. The average molecular weight is 251 g/mol. The van der Waals surface area contributed by atoms with Gasteiger partial charge in [0.15, 0.2) is 0 Å². The van der Waals surface area contributed by atoms with Crippen LogP contribution in [0.25, 0.3) is 0 Å². The molecule has 1 rings (SSSR count). The summed E-state index contributed by atoms with van der Waals surface area (Å²) in [5.74, 6) is 2.09. The first-order valence-corrected chi connectivity index (χ1v) is 6.92. The molecule has 0 aliphatic carbocycles. The van der Waals surface area contributed by atoms with Gasteiger partial charge in [-0.1, -0.05) is 33.6 Å². The summed E-state index contributed by atoms with van der Waals surface area (Å²) in [4.78, 5) is 8.48. The number of anilines is 1. The van der Waals surface area contributed by atoms with Crippen LogP contribution < -0.4 is 10.1 Å². The monoisotopic (exact) mass is 251 g/mol. The Balaban J connectivity index is 2.24. The Kier molecular flexibility index (Phi) is 7.14. The lowest BCUT2D eigenvalue weighted by molar-refractivity contribution is 0.305. The van der Waals surface area contributed by atoms with Gasteiger partial charge < -0.3 is 10.1 Å². The number of nitrogens with zero attached hydrogens (tertiary/aromatic N) is 2. The molecule has 0 aliphatic heterocycles. The summed E-state index contributed by atoms with van der Waals surface area (Å²) < 4.78 is 5.46. The zero-order chi connectivity index (χ0) is 13.2. The minimum atomic E-state index is 0.650. The maximum atomic E-state index is 5.46. The van der Waals surface area contributed by atoms with Crippen LogP contribution in [0.5, 0.6) is 5.88 Å². The molecular weight excluding hydrogens is 226 g/mol. The SMILES string of the molecule is CCCOc1ccnc(NCCCCC(C)C)n1. The third-order valence-electron chi connectivity index (χ3n) is 2.58. The fourth-order valence-electron chi connectivity index (χ4n) is 1.59. The van der Waals surface area contributed by atoms with Crippen molar-refractivity contribution in [1.29, 1.82) is 0 Å². The van der Waals surface area contributed by atoms with Crippen molar-refractivity contribution in [1.82, 2.24) is 9.97 Å². The van der Waals surface area contributed by atoms with Crippen molar-refractivity contribution >= 4 is 5.95 Å². The van der Waals surface area contributed by atoms with Crippen LogP contribution in [-0.2, 0) is 0 Å². The van der Waals surface area contributed by atoms with Gasteiger partial charge in [0.2, 0.25) is 11.8 Å². The first kappa shape index (κ1) is 14.7. The number of unbranched alkanes of at least 4 members (excludes halogenated alkanes) is 1. The van der Waals surface area contributed by atoms with E-state index < -0.39 is 0 Å². The summed E-state index contributed by atoms with van der Waals surface area (Å²) in [7, 11) is 0. The van der Waals surface area contributed by atoms with Gasteiger partial charge in [0.25, 0.3) is 0 Å². The number of hydrogen-bond acceptors (Lipinski definition) is 4. The predicted molar refractivity (Wildman–Crippen MR) is 75.0 cm³/mol. The molecule has 1 aromatic rings. The van der Waals surface area contributed by atoms with E-state index in [1.54, 1.807) is 12.3 Å². The summed E-state index contributed by atoms with van der Waals surface area (Å²) in [5, 5.41) is 3.23. The second kappa shape index (κ2) is 8.72. The molecule has 0 aromatic carbocycles. The van der Waals surface area contributed by atoms with Gasteiger partial charge in [-0.25, -0.2) is 4.98 Å². The molecule has 1 aromatic heterocycles. The van der Waals surface area contributed by atoms with Crippen molar-refractivity contribution in [2.75, 3.05) is 18.5 Å². The third kappa shape index (κ3) is 6.42. The van der Waals surface area contributed by atoms with Crippen molar-refractivity contribution in [2.24, 2.45) is 5.92 Å². The van der Waals surface area contributed by atoms with Crippen LogP contribution in [0.1, 0.15) is 46.5 Å².